The van der Waals surface area contributed by atoms with Crippen molar-refractivity contribution in [1.29, 1.82) is 0 Å². The molecule has 1 aliphatic heterocycles. The Bertz CT molecular complexity index is 781. The monoisotopic (exact) mass is 370 g/mol. The fraction of sp³-hybridized carbons (Fsp3) is 0.400. The Morgan fingerprint density at radius 1 is 1.27 bits per heavy atom. The molecule has 138 valence electrons. The molecule has 2 heterocycles. The highest BCUT2D eigenvalue weighted by atomic mass is 32.1. The summed E-state index contributed by atoms with van der Waals surface area (Å²) in [6.45, 7) is 7.93. The van der Waals surface area contributed by atoms with Crippen LogP contribution in [0.2, 0.25) is 0 Å². The molecule has 0 aliphatic carbocycles. The summed E-state index contributed by atoms with van der Waals surface area (Å²) in [5.74, 6) is 0.740. The molecule has 5 nitrogen and oxygen atoms in total. The van der Waals surface area contributed by atoms with E-state index in [1.54, 1.807) is 11.3 Å². The lowest BCUT2D eigenvalue weighted by Gasteiger charge is -2.31. The molecule has 2 N–H and O–H groups in total. The van der Waals surface area contributed by atoms with Crippen molar-refractivity contribution in [3.63, 3.8) is 0 Å². The maximum absolute atomic E-state index is 12.4. The number of thiophene rings is 1. The first-order valence-electron chi connectivity index (χ1n) is 9.16. The van der Waals surface area contributed by atoms with Crippen LogP contribution in [-0.4, -0.2) is 42.8 Å². The maximum Gasteiger partial charge on any atom is 0.227 e. The number of hydrogen-bond donors (Lipinski definition) is 1. The highest BCUT2D eigenvalue weighted by Crippen LogP contribution is 2.31. The molecule has 6 heteroatoms. The van der Waals surface area contributed by atoms with Crippen molar-refractivity contribution in [2.75, 3.05) is 31.1 Å². The predicted molar refractivity (Wildman–Crippen MR) is 110 cm³/mol. The highest BCUT2D eigenvalue weighted by molar-refractivity contribution is 7.12. The molecule has 2 aromatic rings. The van der Waals surface area contributed by atoms with Crippen LogP contribution in [0.4, 0.5) is 11.4 Å². The van der Waals surface area contributed by atoms with Gasteiger partial charge in [0.05, 0.1) is 10.6 Å². The van der Waals surface area contributed by atoms with E-state index < -0.39 is 0 Å². The first kappa shape index (κ1) is 18.6. The Morgan fingerprint density at radius 2 is 2.08 bits per heavy atom. The number of anilines is 1. The van der Waals surface area contributed by atoms with Gasteiger partial charge in [-0.25, -0.2) is 4.99 Å². The van der Waals surface area contributed by atoms with Crippen molar-refractivity contribution in [3.8, 4) is 0 Å². The van der Waals surface area contributed by atoms with Crippen molar-refractivity contribution in [3.05, 3.63) is 46.2 Å². The van der Waals surface area contributed by atoms with Crippen LogP contribution in [0.1, 0.15) is 30.7 Å². The average Bonchev–Trinajstić information content (AvgIpc) is 3.19. The molecule has 0 unspecified atom stereocenters. The molecule has 0 fully saturated rings. The van der Waals surface area contributed by atoms with Gasteiger partial charge in [-0.1, -0.05) is 19.9 Å². The molecule has 1 amide bonds. The van der Waals surface area contributed by atoms with Gasteiger partial charge in [0.2, 0.25) is 5.91 Å². The lowest BCUT2D eigenvalue weighted by atomic mass is 10.0. The molecule has 1 aromatic heterocycles. The van der Waals surface area contributed by atoms with Gasteiger partial charge in [0, 0.05) is 25.2 Å². The topological polar surface area (TPSA) is 61.9 Å². The number of rotatable bonds is 7. The van der Waals surface area contributed by atoms with Crippen LogP contribution in [0.3, 0.4) is 0 Å². The average molecular weight is 371 g/mol. The molecule has 0 saturated heterocycles. The number of carbonyl (C=O) groups is 1. The number of fused-ring (bicyclic) bond motifs is 1. The largest absolute Gasteiger partial charge is 0.383 e. The number of amides is 1. The van der Waals surface area contributed by atoms with E-state index in [4.69, 9.17) is 5.73 Å². The fourth-order valence-electron chi connectivity index (χ4n) is 3.26. The van der Waals surface area contributed by atoms with Gasteiger partial charge in [-0.15, -0.1) is 11.3 Å². The van der Waals surface area contributed by atoms with Gasteiger partial charge in [0.1, 0.15) is 5.84 Å². The fourth-order valence-corrected chi connectivity index (χ4v) is 3.89. The van der Waals surface area contributed by atoms with Crippen LogP contribution in [0.25, 0.3) is 0 Å². The quantitative estimate of drug-likeness (QED) is 0.600. The summed E-state index contributed by atoms with van der Waals surface area (Å²) in [5.41, 5.74) is 9.13. The van der Waals surface area contributed by atoms with Crippen LogP contribution in [0.5, 0.6) is 0 Å². The Morgan fingerprint density at radius 3 is 2.77 bits per heavy atom. The minimum absolute atomic E-state index is 0.207. The summed E-state index contributed by atoms with van der Waals surface area (Å²) in [7, 11) is 0. The van der Waals surface area contributed by atoms with Gasteiger partial charge in [-0.3, -0.25) is 4.79 Å². The number of carbonyl (C=O) groups excluding carboxylic acids is 1. The highest BCUT2D eigenvalue weighted by Gasteiger charge is 2.24. The number of hydrogen-bond acceptors (Lipinski definition) is 4. The zero-order chi connectivity index (χ0) is 18.5. The van der Waals surface area contributed by atoms with Gasteiger partial charge in [0.15, 0.2) is 0 Å². The van der Waals surface area contributed by atoms with E-state index in [9.17, 15) is 4.79 Å². The third-order valence-electron chi connectivity index (χ3n) is 4.82. The summed E-state index contributed by atoms with van der Waals surface area (Å²) < 4.78 is 0. The summed E-state index contributed by atoms with van der Waals surface area (Å²) in [4.78, 5) is 22.2. The van der Waals surface area contributed by atoms with Crippen LogP contribution >= 0.6 is 11.3 Å². The molecule has 3 rings (SSSR count). The van der Waals surface area contributed by atoms with Gasteiger partial charge in [-0.05, 0) is 54.7 Å². The summed E-state index contributed by atoms with van der Waals surface area (Å²) in [6.07, 6.45) is 1.32. The molecule has 0 spiro atoms. The number of amidine groups is 1. The second-order valence-electron chi connectivity index (χ2n) is 6.36. The predicted octanol–water partition coefficient (Wildman–Crippen LogP) is 3.41. The van der Waals surface area contributed by atoms with Gasteiger partial charge in [0.25, 0.3) is 0 Å². The molecule has 0 radical (unpaired) electrons. The van der Waals surface area contributed by atoms with Gasteiger partial charge in [-0.2, -0.15) is 0 Å². The second-order valence-corrected chi connectivity index (χ2v) is 7.31. The van der Waals surface area contributed by atoms with Crippen molar-refractivity contribution in [2.45, 2.75) is 26.7 Å². The number of aryl methyl sites for hydroxylation is 1. The maximum atomic E-state index is 12.4. The lowest BCUT2D eigenvalue weighted by molar-refractivity contribution is -0.118. The Labute approximate surface area is 159 Å². The SMILES string of the molecule is CCN(CC)CCN1C(=O)CCc2cc(N=C(N)c3cccs3)ccc21. The third kappa shape index (κ3) is 4.14. The van der Waals surface area contributed by atoms with Crippen molar-refractivity contribution in [2.24, 2.45) is 10.7 Å². The normalized spacial score (nSPS) is 14.8. The van der Waals surface area contributed by atoms with Crippen molar-refractivity contribution >= 4 is 34.5 Å². The molecule has 0 saturated carbocycles. The van der Waals surface area contributed by atoms with E-state index in [1.807, 2.05) is 34.5 Å². The Kier molecular flexibility index (Phi) is 6.06. The third-order valence-corrected chi connectivity index (χ3v) is 5.71. The first-order chi connectivity index (χ1) is 12.6. The Balaban J connectivity index is 1.80. The lowest BCUT2D eigenvalue weighted by Crippen LogP contribution is -2.41. The summed E-state index contributed by atoms with van der Waals surface area (Å²) in [5, 5.41) is 1.99. The minimum Gasteiger partial charge on any atom is -0.383 e. The standard InChI is InChI=1S/C20H26N4OS/c1-3-23(4-2)11-12-24-17-9-8-16(14-15(17)7-10-19(24)25)22-20(21)18-6-5-13-26-18/h5-6,8-9,13-14H,3-4,7,10-12H2,1-2H3,(H2,21,22). The molecule has 0 atom stereocenters. The zero-order valence-corrected chi connectivity index (χ0v) is 16.3. The minimum atomic E-state index is 0.207. The first-order valence-corrected chi connectivity index (χ1v) is 10.0. The molecular weight excluding hydrogens is 344 g/mol. The molecule has 1 aromatic carbocycles. The van der Waals surface area contributed by atoms with E-state index >= 15 is 0 Å². The molecular formula is C20H26N4OS. The molecule has 0 bridgehead atoms. The van der Waals surface area contributed by atoms with Crippen LogP contribution in [-0.2, 0) is 11.2 Å². The number of likely N-dealkylation sites (N-methyl/N-ethyl adjacent to an activating group) is 1. The van der Waals surface area contributed by atoms with E-state index in [0.29, 0.717) is 12.3 Å². The molecule has 1 aliphatic rings. The van der Waals surface area contributed by atoms with E-state index in [-0.39, 0.29) is 5.91 Å². The van der Waals surface area contributed by atoms with Crippen LogP contribution in [0, 0.1) is 0 Å². The van der Waals surface area contributed by atoms with Crippen molar-refractivity contribution in [1.82, 2.24) is 4.90 Å². The van der Waals surface area contributed by atoms with Gasteiger partial charge < -0.3 is 15.5 Å². The Hall–Kier alpha value is -2.18. The van der Waals surface area contributed by atoms with E-state index in [1.165, 1.54) is 5.56 Å². The van der Waals surface area contributed by atoms with E-state index in [2.05, 4.69) is 29.8 Å². The summed E-state index contributed by atoms with van der Waals surface area (Å²) >= 11 is 1.58. The van der Waals surface area contributed by atoms with Crippen LogP contribution in [0.15, 0.2) is 40.7 Å². The number of nitrogens with zero attached hydrogens (tertiary/aromatic N) is 3. The van der Waals surface area contributed by atoms with Crippen LogP contribution < -0.4 is 10.6 Å². The summed E-state index contributed by atoms with van der Waals surface area (Å²) in [6, 6.07) is 9.95. The number of nitrogens with two attached hydrogens (primary N) is 1. The second kappa shape index (κ2) is 8.47. The van der Waals surface area contributed by atoms with Gasteiger partial charge >= 0.3 is 0 Å². The van der Waals surface area contributed by atoms with Crippen molar-refractivity contribution < 1.29 is 4.79 Å². The van der Waals surface area contributed by atoms with E-state index in [0.717, 1.165) is 48.9 Å². The molecule has 26 heavy (non-hydrogen) atoms. The zero-order valence-electron chi connectivity index (χ0n) is 15.4. The smallest absolute Gasteiger partial charge is 0.227 e. The number of aliphatic imine (C=N–C) groups is 1. The number of benzene rings is 1.